The van der Waals surface area contributed by atoms with Crippen LogP contribution in [0.4, 0.5) is 0 Å². The molecule has 0 heteroatoms. The highest BCUT2D eigenvalue weighted by molar-refractivity contribution is 6.25. The molecule has 0 saturated heterocycles. The Hall–Kier alpha value is -4.42. The second-order valence-corrected chi connectivity index (χ2v) is 7.33. The van der Waals surface area contributed by atoms with E-state index in [2.05, 4.69) is 0 Å². The summed E-state index contributed by atoms with van der Waals surface area (Å²) >= 11 is 0. The van der Waals surface area contributed by atoms with Crippen LogP contribution < -0.4 is 0 Å². The van der Waals surface area contributed by atoms with E-state index in [4.69, 9.17) is 23.3 Å². The first-order chi connectivity index (χ1) is 25.6. The van der Waals surface area contributed by atoms with Crippen LogP contribution in [-0.4, -0.2) is 0 Å². The molecule has 0 aliphatic carbocycles. The van der Waals surface area contributed by atoms with E-state index < -0.39 is 187 Å². The van der Waals surface area contributed by atoms with Crippen LogP contribution >= 0.6 is 0 Å². The monoisotopic (exact) mass is 451 g/mol. The fourth-order valence-corrected chi connectivity index (χ4v) is 4.18. The lowest BCUT2D eigenvalue weighted by Crippen LogP contribution is -1.92. The molecule has 0 nitrogen and oxygen atoms in total. The van der Waals surface area contributed by atoms with Crippen LogP contribution in [0.15, 0.2) is 133 Å². The molecule has 7 rings (SSSR count). The predicted octanol–water partition coefficient (Wildman–Crippen LogP) is 9.63. The fraction of sp³-hybridized carbons (Fsp3) is 0. The van der Waals surface area contributed by atoms with Gasteiger partial charge in [-0.2, -0.15) is 0 Å². The SMILES string of the molecule is [2H]c1cc2c([2H])c([2H])c([2H])c([2H])c2c(-c2c3c([2H])c([2H])c([2H])c([2H])c3c(-c3c([2H])c([2H])c([2H])c4c([2H])c([2H])c([2H])c([2H])c34)c3c([2H])c([2H])c([2H])c([2H])c23)c1[2H]. The zero-order valence-electron chi connectivity index (χ0n) is 38.1. The van der Waals surface area contributed by atoms with Crippen LogP contribution in [-0.2, 0) is 0 Å². The summed E-state index contributed by atoms with van der Waals surface area (Å²) in [5.41, 5.74) is -2.28. The van der Waals surface area contributed by atoms with Gasteiger partial charge in [0, 0.05) is 0 Å². The van der Waals surface area contributed by atoms with Gasteiger partial charge in [-0.15, -0.1) is 0 Å². The standard InChI is InChI=1S/C34H22/c1-3-15-25-23(11-1)13-9-21-27(25)33-29-17-5-7-19-31(29)34(32-20-8-6-18-30(32)33)28-22-10-14-24-12-2-4-16-26(24)28/h1-22H/i1D,2D,3D,4D,5D,6D,7D,8D,9D,10D,11D,12D,13D,15D,16D,17D,18D,19D,20D,21D,22D. The maximum absolute atomic E-state index is 9.23. The lowest BCUT2D eigenvalue weighted by molar-refractivity contribution is 1.68. The van der Waals surface area contributed by atoms with E-state index in [9.17, 15) is 5.48 Å². The van der Waals surface area contributed by atoms with E-state index in [1.54, 1.807) is 0 Å². The molecule has 0 aromatic heterocycles. The first-order valence-corrected chi connectivity index (χ1v) is 10.1. The molecule has 0 radical (unpaired) electrons. The molecule has 0 fully saturated rings. The quantitative estimate of drug-likeness (QED) is 0.229. The fourth-order valence-electron chi connectivity index (χ4n) is 4.18. The van der Waals surface area contributed by atoms with Crippen molar-refractivity contribution in [3.05, 3.63) is 133 Å². The summed E-state index contributed by atoms with van der Waals surface area (Å²) in [6.45, 7) is 0. The highest BCUT2D eigenvalue weighted by atomic mass is 14.2. The Morgan fingerprint density at radius 2 is 0.706 bits per heavy atom. The van der Waals surface area contributed by atoms with Crippen LogP contribution in [0.2, 0.25) is 0 Å². The Morgan fingerprint density at radius 1 is 0.324 bits per heavy atom. The van der Waals surface area contributed by atoms with E-state index in [-0.39, 0.29) is 5.39 Å². The first-order valence-electron chi connectivity index (χ1n) is 20.6. The second-order valence-electron chi connectivity index (χ2n) is 7.33. The van der Waals surface area contributed by atoms with Gasteiger partial charge in [0.25, 0.3) is 0 Å². The average Bonchev–Trinajstić information content (AvgIpc) is 3.16. The molecule has 0 saturated carbocycles. The number of fused-ring (bicyclic) bond motifs is 4. The Morgan fingerprint density at radius 3 is 1.26 bits per heavy atom. The minimum atomic E-state index is -0.891. The summed E-state index contributed by atoms with van der Waals surface area (Å²) in [6.07, 6.45) is 0. The Labute approximate surface area is 228 Å². The van der Waals surface area contributed by atoms with E-state index in [1.807, 2.05) is 0 Å². The number of hydrogen-bond donors (Lipinski definition) is 0. The van der Waals surface area contributed by atoms with Gasteiger partial charge < -0.3 is 0 Å². The van der Waals surface area contributed by atoms with Crippen molar-refractivity contribution in [3.8, 4) is 22.3 Å². The van der Waals surface area contributed by atoms with Crippen molar-refractivity contribution in [2.24, 2.45) is 0 Å². The van der Waals surface area contributed by atoms with Gasteiger partial charge in [-0.25, -0.2) is 0 Å². The van der Waals surface area contributed by atoms with Gasteiger partial charge in [0.15, 0.2) is 0 Å². The Bertz CT molecular complexity index is 2900. The van der Waals surface area contributed by atoms with E-state index in [0.717, 1.165) is 6.07 Å². The normalized spacial score (nSPS) is 20.2. The van der Waals surface area contributed by atoms with Crippen molar-refractivity contribution in [2.45, 2.75) is 0 Å². The Balaban J connectivity index is 1.99. The largest absolute Gasteiger partial charge is 0.0629 e. The van der Waals surface area contributed by atoms with Crippen LogP contribution in [0.3, 0.4) is 0 Å². The highest BCUT2D eigenvalue weighted by Gasteiger charge is 2.18. The second kappa shape index (κ2) is 7.57. The van der Waals surface area contributed by atoms with E-state index >= 15 is 0 Å². The summed E-state index contributed by atoms with van der Waals surface area (Å²) in [7, 11) is 0. The third-order valence-corrected chi connectivity index (χ3v) is 5.57. The highest BCUT2D eigenvalue weighted by Crippen LogP contribution is 2.46. The van der Waals surface area contributed by atoms with Gasteiger partial charge in [-0.3, -0.25) is 0 Å². The molecule has 7 aromatic rings. The molecule has 0 atom stereocenters. The number of benzene rings is 7. The molecule has 0 bridgehead atoms. The van der Waals surface area contributed by atoms with E-state index in [0.29, 0.717) is 0 Å². The molecule has 0 heterocycles. The van der Waals surface area contributed by atoms with Gasteiger partial charge >= 0.3 is 0 Å². The molecule has 0 unspecified atom stereocenters. The van der Waals surface area contributed by atoms with Gasteiger partial charge in [0.2, 0.25) is 0 Å². The van der Waals surface area contributed by atoms with Crippen molar-refractivity contribution in [1.29, 1.82) is 0 Å². The smallest absolute Gasteiger partial charge is 0.0616 e. The molecule has 7 aromatic carbocycles. The summed E-state index contributed by atoms with van der Waals surface area (Å²) in [5.74, 6) is 0. The maximum Gasteiger partial charge on any atom is 0.0629 e. The van der Waals surface area contributed by atoms with Crippen molar-refractivity contribution in [3.63, 3.8) is 0 Å². The minimum Gasteiger partial charge on any atom is -0.0616 e. The molecule has 0 amide bonds. The van der Waals surface area contributed by atoms with Gasteiger partial charge in [0.05, 0.1) is 28.8 Å². The maximum atomic E-state index is 9.23. The molecule has 158 valence electrons. The topological polar surface area (TPSA) is 0 Å². The first kappa shape index (κ1) is 7.55. The van der Waals surface area contributed by atoms with Crippen molar-refractivity contribution < 1.29 is 28.8 Å². The molecular weight excluding hydrogens is 408 g/mol. The van der Waals surface area contributed by atoms with Crippen LogP contribution in [0.5, 0.6) is 0 Å². The molecule has 34 heavy (non-hydrogen) atoms. The van der Waals surface area contributed by atoms with Gasteiger partial charge in [0.1, 0.15) is 0 Å². The van der Waals surface area contributed by atoms with Gasteiger partial charge in [-0.1, -0.05) is 133 Å². The van der Waals surface area contributed by atoms with Crippen molar-refractivity contribution in [1.82, 2.24) is 0 Å². The summed E-state index contributed by atoms with van der Waals surface area (Å²) < 4.78 is 184. The lowest BCUT2D eigenvalue weighted by atomic mass is 9.84. The summed E-state index contributed by atoms with van der Waals surface area (Å²) in [5, 5.41) is -4.15. The molecular formula is C34H22. The Kier molecular flexibility index (Phi) is 1.68. The van der Waals surface area contributed by atoms with Crippen LogP contribution in [0.1, 0.15) is 28.8 Å². The summed E-state index contributed by atoms with van der Waals surface area (Å²) in [4.78, 5) is 0. The summed E-state index contributed by atoms with van der Waals surface area (Å²) in [6, 6.07) is -16.0. The lowest BCUT2D eigenvalue weighted by Gasteiger charge is -2.19. The van der Waals surface area contributed by atoms with Crippen molar-refractivity contribution >= 4 is 43.1 Å². The molecule has 0 aliphatic heterocycles. The minimum absolute atomic E-state index is 0.283. The number of hydrogen-bond acceptors (Lipinski definition) is 0. The van der Waals surface area contributed by atoms with Crippen molar-refractivity contribution in [2.75, 3.05) is 0 Å². The number of rotatable bonds is 2. The van der Waals surface area contributed by atoms with Gasteiger partial charge in [-0.05, 0) is 65.3 Å². The van der Waals surface area contributed by atoms with Crippen LogP contribution in [0.25, 0.3) is 65.3 Å². The molecule has 0 spiro atoms. The zero-order chi connectivity index (χ0) is 40.8. The molecule has 0 N–H and O–H groups in total. The average molecular weight is 452 g/mol. The van der Waals surface area contributed by atoms with E-state index in [1.165, 1.54) is 0 Å². The third kappa shape index (κ3) is 2.79. The zero-order valence-corrected chi connectivity index (χ0v) is 17.1. The predicted molar refractivity (Wildman–Crippen MR) is 147 cm³/mol. The van der Waals surface area contributed by atoms with Crippen LogP contribution in [0, 0.1) is 0 Å². The molecule has 0 aliphatic rings. The third-order valence-electron chi connectivity index (χ3n) is 5.57.